The second-order valence-electron chi connectivity index (χ2n) is 3.88. The Balaban J connectivity index is 2.18. The minimum atomic E-state index is -0.986. The maximum absolute atomic E-state index is 12.9. The zero-order valence-electron chi connectivity index (χ0n) is 9.74. The Hall–Kier alpha value is -2.36. The number of hydrogen-bond donors (Lipinski definition) is 0. The van der Waals surface area contributed by atoms with Gasteiger partial charge in [-0.2, -0.15) is 0 Å². The van der Waals surface area contributed by atoms with E-state index in [1.807, 2.05) is 0 Å². The summed E-state index contributed by atoms with van der Waals surface area (Å²) in [5, 5.41) is 0. The van der Waals surface area contributed by atoms with Gasteiger partial charge in [-0.3, -0.25) is 4.79 Å². The maximum Gasteiger partial charge on any atom is 0.185 e. The van der Waals surface area contributed by atoms with Gasteiger partial charge in [-0.1, -0.05) is 24.3 Å². The van der Waals surface area contributed by atoms with Crippen LogP contribution in [0.15, 0.2) is 48.5 Å². The van der Waals surface area contributed by atoms with Gasteiger partial charge in [0.25, 0.3) is 0 Å². The van der Waals surface area contributed by atoms with Crippen molar-refractivity contribution in [2.24, 2.45) is 0 Å². The lowest BCUT2D eigenvalue weighted by Gasteiger charge is -1.97. The summed E-state index contributed by atoms with van der Waals surface area (Å²) in [6.07, 6.45) is 2.53. The van der Waals surface area contributed by atoms with E-state index < -0.39 is 23.2 Å². The summed E-state index contributed by atoms with van der Waals surface area (Å²) in [7, 11) is 0. The fourth-order valence-electron chi connectivity index (χ4n) is 1.53. The number of rotatable bonds is 3. The summed E-state index contributed by atoms with van der Waals surface area (Å²) >= 11 is 0. The molecule has 0 spiro atoms. The van der Waals surface area contributed by atoms with Crippen LogP contribution < -0.4 is 0 Å². The topological polar surface area (TPSA) is 17.1 Å². The van der Waals surface area contributed by atoms with E-state index in [9.17, 15) is 18.0 Å². The predicted octanol–water partition coefficient (Wildman–Crippen LogP) is 4.00. The van der Waals surface area contributed by atoms with Crippen molar-refractivity contribution in [1.82, 2.24) is 0 Å². The van der Waals surface area contributed by atoms with Crippen LogP contribution >= 0.6 is 0 Å². The van der Waals surface area contributed by atoms with E-state index in [0.29, 0.717) is 5.56 Å². The lowest BCUT2D eigenvalue weighted by molar-refractivity contribution is 0.104. The number of carbonyl (C=O) groups is 1. The van der Waals surface area contributed by atoms with Crippen LogP contribution in [0.1, 0.15) is 15.9 Å². The van der Waals surface area contributed by atoms with Crippen molar-refractivity contribution in [2.45, 2.75) is 0 Å². The van der Waals surface area contributed by atoms with E-state index >= 15 is 0 Å². The Morgan fingerprint density at radius 3 is 2.42 bits per heavy atom. The van der Waals surface area contributed by atoms with Gasteiger partial charge in [0.05, 0.1) is 0 Å². The van der Waals surface area contributed by atoms with E-state index in [0.717, 1.165) is 18.2 Å². The quantitative estimate of drug-likeness (QED) is 0.603. The third kappa shape index (κ3) is 3.31. The molecule has 0 aliphatic heterocycles. The highest BCUT2D eigenvalue weighted by molar-refractivity contribution is 6.06. The monoisotopic (exact) mass is 262 g/mol. The molecule has 0 radical (unpaired) electrons. The third-order valence-corrected chi connectivity index (χ3v) is 2.48. The van der Waals surface area contributed by atoms with Crippen LogP contribution in [0.5, 0.6) is 0 Å². The van der Waals surface area contributed by atoms with E-state index in [1.54, 1.807) is 0 Å². The van der Waals surface area contributed by atoms with Crippen LogP contribution in [-0.2, 0) is 0 Å². The highest BCUT2D eigenvalue weighted by Gasteiger charge is 2.04. The molecule has 19 heavy (non-hydrogen) atoms. The average molecular weight is 262 g/mol. The van der Waals surface area contributed by atoms with Crippen molar-refractivity contribution in [1.29, 1.82) is 0 Å². The van der Waals surface area contributed by atoms with Crippen molar-refractivity contribution in [3.8, 4) is 0 Å². The molecule has 0 aliphatic carbocycles. The molecular weight excluding hydrogens is 253 g/mol. The minimum absolute atomic E-state index is 0.193. The lowest BCUT2D eigenvalue weighted by Crippen LogP contribution is -1.94. The van der Waals surface area contributed by atoms with Crippen LogP contribution in [0.25, 0.3) is 6.08 Å². The Kier molecular flexibility index (Phi) is 3.80. The summed E-state index contributed by atoms with van der Waals surface area (Å²) in [6, 6.07) is 8.53. The summed E-state index contributed by atoms with van der Waals surface area (Å²) in [6.45, 7) is 0. The third-order valence-electron chi connectivity index (χ3n) is 2.48. The molecule has 0 amide bonds. The van der Waals surface area contributed by atoms with Crippen LogP contribution in [0.2, 0.25) is 0 Å². The predicted molar refractivity (Wildman–Crippen MR) is 66.1 cm³/mol. The molecule has 0 fully saturated rings. The molecule has 2 rings (SSSR count). The molecule has 2 aromatic rings. The van der Waals surface area contributed by atoms with Gasteiger partial charge in [0.15, 0.2) is 17.4 Å². The van der Waals surface area contributed by atoms with Crippen molar-refractivity contribution in [3.63, 3.8) is 0 Å². The van der Waals surface area contributed by atoms with Gasteiger partial charge in [0.2, 0.25) is 0 Å². The molecule has 0 saturated carbocycles. The fraction of sp³-hybridized carbons (Fsp3) is 0. The zero-order valence-corrected chi connectivity index (χ0v) is 9.74. The smallest absolute Gasteiger partial charge is 0.185 e. The largest absolute Gasteiger partial charge is 0.289 e. The first kappa shape index (κ1) is 13.1. The number of hydrogen-bond acceptors (Lipinski definition) is 1. The number of allylic oxidation sites excluding steroid dienone is 1. The van der Waals surface area contributed by atoms with Gasteiger partial charge in [-0.25, -0.2) is 13.2 Å². The Labute approximate surface area is 108 Å². The van der Waals surface area contributed by atoms with Crippen molar-refractivity contribution < 1.29 is 18.0 Å². The molecule has 96 valence electrons. The Bertz CT molecular complexity index is 648. The number of carbonyl (C=O) groups excluding carboxylic acids is 1. The van der Waals surface area contributed by atoms with Crippen molar-refractivity contribution in [3.05, 3.63) is 77.1 Å². The van der Waals surface area contributed by atoms with Crippen molar-refractivity contribution >= 4 is 11.9 Å². The van der Waals surface area contributed by atoms with Crippen LogP contribution in [0.3, 0.4) is 0 Å². The molecule has 0 bridgehead atoms. The van der Waals surface area contributed by atoms with Gasteiger partial charge in [-0.05, 0) is 35.9 Å². The van der Waals surface area contributed by atoms with Crippen molar-refractivity contribution in [2.75, 3.05) is 0 Å². The summed E-state index contributed by atoms with van der Waals surface area (Å²) < 4.78 is 38.6. The van der Waals surface area contributed by atoms with Gasteiger partial charge >= 0.3 is 0 Å². The summed E-state index contributed by atoms with van der Waals surface area (Å²) in [5.74, 6) is -2.86. The maximum atomic E-state index is 12.9. The Morgan fingerprint density at radius 2 is 1.74 bits per heavy atom. The summed E-state index contributed by atoms with van der Waals surface area (Å²) in [4.78, 5) is 11.7. The Morgan fingerprint density at radius 1 is 0.947 bits per heavy atom. The first-order valence-corrected chi connectivity index (χ1v) is 5.49. The molecule has 0 aliphatic rings. The second kappa shape index (κ2) is 5.52. The van der Waals surface area contributed by atoms with E-state index in [2.05, 4.69) is 0 Å². The molecule has 0 heterocycles. The molecule has 0 aromatic heterocycles. The lowest BCUT2D eigenvalue weighted by atomic mass is 10.1. The van der Waals surface area contributed by atoms with Gasteiger partial charge in [-0.15, -0.1) is 0 Å². The van der Waals surface area contributed by atoms with Gasteiger partial charge < -0.3 is 0 Å². The second-order valence-corrected chi connectivity index (χ2v) is 3.88. The van der Waals surface area contributed by atoms with Crippen LogP contribution in [-0.4, -0.2) is 5.78 Å². The molecular formula is C15H9F3O. The van der Waals surface area contributed by atoms with E-state index in [-0.39, 0.29) is 5.56 Å². The normalized spacial score (nSPS) is 10.9. The molecule has 0 saturated heterocycles. The first-order chi connectivity index (χ1) is 9.06. The minimum Gasteiger partial charge on any atom is -0.289 e. The highest BCUT2D eigenvalue weighted by Crippen LogP contribution is 2.11. The van der Waals surface area contributed by atoms with E-state index in [1.165, 1.54) is 36.4 Å². The molecule has 4 heteroatoms. The molecule has 0 unspecified atom stereocenters. The number of ketones is 1. The zero-order chi connectivity index (χ0) is 13.8. The highest BCUT2D eigenvalue weighted by atomic mass is 19.2. The molecule has 0 atom stereocenters. The fourth-order valence-corrected chi connectivity index (χ4v) is 1.53. The number of benzene rings is 2. The number of halogens is 3. The van der Waals surface area contributed by atoms with Gasteiger partial charge in [0, 0.05) is 5.56 Å². The first-order valence-electron chi connectivity index (χ1n) is 5.49. The SMILES string of the molecule is O=C(/C=C/c1ccc(F)c(F)c1)c1cccc(F)c1. The van der Waals surface area contributed by atoms with Crippen LogP contribution in [0, 0.1) is 17.5 Å². The molecule has 1 nitrogen and oxygen atoms in total. The van der Waals surface area contributed by atoms with Crippen LogP contribution in [0.4, 0.5) is 13.2 Å². The molecule has 2 aromatic carbocycles. The van der Waals surface area contributed by atoms with Gasteiger partial charge in [0.1, 0.15) is 5.82 Å². The standard InChI is InChI=1S/C15H9F3O/c16-12-3-1-2-11(9-12)15(19)7-5-10-4-6-13(17)14(18)8-10/h1-9H/b7-5+. The van der Waals surface area contributed by atoms with E-state index in [4.69, 9.17) is 0 Å². The summed E-state index contributed by atoms with van der Waals surface area (Å²) in [5.41, 5.74) is 0.544. The molecule has 0 N–H and O–H groups in total. The average Bonchev–Trinajstić information content (AvgIpc) is 2.40.